The van der Waals surface area contributed by atoms with Gasteiger partial charge in [-0.15, -0.1) is 0 Å². The highest BCUT2D eigenvalue weighted by Gasteiger charge is 2.40. The molecule has 0 N–H and O–H groups in total. The number of sulfonamides is 1. The summed E-state index contributed by atoms with van der Waals surface area (Å²) in [5, 5.41) is 2.25. The van der Waals surface area contributed by atoms with Gasteiger partial charge in [0.15, 0.2) is 0 Å². The van der Waals surface area contributed by atoms with Crippen LogP contribution in [0.15, 0.2) is 71.6 Å². The van der Waals surface area contributed by atoms with Gasteiger partial charge in [-0.25, -0.2) is 8.42 Å². The van der Waals surface area contributed by atoms with Gasteiger partial charge >= 0.3 is 0 Å². The number of fused-ring (bicyclic) bond motifs is 1. The molecule has 0 spiro atoms. The highest BCUT2D eigenvalue weighted by molar-refractivity contribution is 9.09. The van der Waals surface area contributed by atoms with E-state index in [0.717, 1.165) is 28.3 Å². The Balaban J connectivity index is 1.81. The Morgan fingerprint density at radius 1 is 0.962 bits per heavy atom. The molecule has 3 aromatic rings. The molecule has 1 aliphatic rings. The molecule has 134 valence electrons. The van der Waals surface area contributed by atoms with Gasteiger partial charge in [-0.05, 0) is 41.8 Å². The third-order valence-electron chi connectivity index (χ3n) is 5.01. The summed E-state index contributed by atoms with van der Waals surface area (Å²) in [5.74, 6) is 0. The Hall–Kier alpha value is -1.69. The minimum atomic E-state index is -3.55. The minimum absolute atomic E-state index is 0.145. The van der Waals surface area contributed by atoms with Crippen molar-refractivity contribution in [3.05, 3.63) is 77.9 Å². The first-order valence-electron chi connectivity index (χ1n) is 8.67. The Morgan fingerprint density at radius 2 is 1.65 bits per heavy atom. The van der Waals surface area contributed by atoms with E-state index in [-0.39, 0.29) is 10.9 Å². The molecule has 0 amide bonds. The summed E-state index contributed by atoms with van der Waals surface area (Å²) in [6, 6.07) is 21.2. The van der Waals surface area contributed by atoms with E-state index < -0.39 is 10.0 Å². The monoisotopic (exact) mass is 429 g/mol. The summed E-state index contributed by atoms with van der Waals surface area (Å²) in [7, 11) is -3.55. The molecule has 1 fully saturated rings. The van der Waals surface area contributed by atoms with Crippen molar-refractivity contribution in [1.82, 2.24) is 4.31 Å². The molecular weight excluding hydrogens is 410 g/mol. The lowest BCUT2D eigenvalue weighted by Crippen LogP contribution is -2.31. The van der Waals surface area contributed by atoms with Gasteiger partial charge in [0, 0.05) is 11.4 Å². The standard InChI is InChI=1S/C21H20BrNO2S/c1-15-9-11-18(12-10-15)26(24,25)23-14-17(22)13-21(23)20-8-4-6-16-5-2-3-7-19(16)20/h2-12,17,21H,13-14H2,1H3. The molecule has 2 unspecified atom stereocenters. The average molecular weight is 430 g/mol. The number of alkyl halides is 1. The van der Waals surface area contributed by atoms with Crippen LogP contribution in [0, 0.1) is 6.92 Å². The number of aryl methyl sites for hydroxylation is 1. The van der Waals surface area contributed by atoms with Gasteiger partial charge < -0.3 is 0 Å². The second-order valence-electron chi connectivity index (χ2n) is 6.80. The average Bonchev–Trinajstić information content (AvgIpc) is 3.04. The smallest absolute Gasteiger partial charge is 0.207 e. The summed E-state index contributed by atoms with van der Waals surface area (Å²) in [5.41, 5.74) is 2.12. The van der Waals surface area contributed by atoms with Gasteiger partial charge in [0.05, 0.1) is 10.9 Å². The summed E-state index contributed by atoms with van der Waals surface area (Å²) in [6.07, 6.45) is 0.763. The van der Waals surface area contributed by atoms with Crippen LogP contribution in [0.3, 0.4) is 0 Å². The Labute approximate surface area is 162 Å². The summed E-state index contributed by atoms with van der Waals surface area (Å²) >= 11 is 3.65. The van der Waals surface area contributed by atoms with Crippen LogP contribution in [-0.2, 0) is 10.0 Å². The first-order chi connectivity index (χ1) is 12.5. The van der Waals surface area contributed by atoms with Crippen LogP contribution in [0.4, 0.5) is 0 Å². The van der Waals surface area contributed by atoms with Crippen LogP contribution in [0.2, 0.25) is 0 Å². The molecule has 2 atom stereocenters. The maximum absolute atomic E-state index is 13.3. The van der Waals surface area contributed by atoms with Gasteiger partial charge in [-0.2, -0.15) is 4.31 Å². The van der Waals surface area contributed by atoms with Crippen LogP contribution >= 0.6 is 15.9 Å². The van der Waals surface area contributed by atoms with E-state index in [1.807, 2.05) is 37.3 Å². The van der Waals surface area contributed by atoms with E-state index >= 15 is 0 Å². The topological polar surface area (TPSA) is 37.4 Å². The SMILES string of the molecule is Cc1ccc(S(=O)(=O)N2CC(Br)CC2c2cccc3ccccc23)cc1. The van der Waals surface area contributed by atoms with E-state index in [0.29, 0.717) is 11.4 Å². The Bertz CT molecular complexity index is 1040. The van der Waals surface area contributed by atoms with Gasteiger partial charge in [0.1, 0.15) is 0 Å². The first-order valence-corrected chi connectivity index (χ1v) is 11.0. The lowest BCUT2D eigenvalue weighted by molar-refractivity contribution is 0.398. The fourth-order valence-electron chi connectivity index (χ4n) is 3.69. The summed E-state index contributed by atoms with van der Waals surface area (Å²) in [6.45, 7) is 2.43. The van der Waals surface area contributed by atoms with Crippen LogP contribution in [0.5, 0.6) is 0 Å². The molecule has 3 nitrogen and oxygen atoms in total. The molecule has 26 heavy (non-hydrogen) atoms. The van der Waals surface area contributed by atoms with Gasteiger partial charge in [0.25, 0.3) is 0 Å². The zero-order chi connectivity index (χ0) is 18.3. The number of halogens is 1. The predicted molar refractivity (Wildman–Crippen MR) is 109 cm³/mol. The van der Waals surface area contributed by atoms with Crippen molar-refractivity contribution in [3.8, 4) is 0 Å². The quantitative estimate of drug-likeness (QED) is 0.546. The molecule has 0 aliphatic carbocycles. The lowest BCUT2D eigenvalue weighted by Gasteiger charge is -2.25. The molecule has 1 heterocycles. The fourth-order valence-corrected chi connectivity index (χ4v) is 6.21. The normalized spacial score (nSPS) is 21.3. The summed E-state index contributed by atoms with van der Waals surface area (Å²) in [4.78, 5) is 0.502. The van der Waals surface area contributed by atoms with Crippen molar-refractivity contribution in [2.75, 3.05) is 6.54 Å². The molecule has 3 aromatic carbocycles. The van der Waals surface area contributed by atoms with E-state index in [2.05, 4.69) is 40.2 Å². The van der Waals surface area contributed by atoms with Crippen LogP contribution in [-0.4, -0.2) is 24.1 Å². The van der Waals surface area contributed by atoms with E-state index in [1.165, 1.54) is 0 Å². The molecule has 0 bridgehead atoms. The third kappa shape index (κ3) is 3.08. The van der Waals surface area contributed by atoms with Gasteiger partial charge in [-0.1, -0.05) is 76.1 Å². The molecule has 0 radical (unpaired) electrons. The van der Waals surface area contributed by atoms with Crippen LogP contribution in [0.25, 0.3) is 10.8 Å². The highest BCUT2D eigenvalue weighted by atomic mass is 79.9. The van der Waals surface area contributed by atoms with Gasteiger partial charge in [-0.3, -0.25) is 0 Å². The number of rotatable bonds is 3. The number of hydrogen-bond acceptors (Lipinski definition) is 2. The molecular formula is C21H20BrNO2S. The van der Waals surface area contributed by atoms with E-state index in [1.54, 1.807) is 16.4 Å². The van der Waals surface area contributed by atoms with Crippen LogP contribution in [0.1, 0.15) is 23.6 Å². The van der Waals surface area contributed by atoms with Gasteiger partial charge in [0.2, 0.25) is 10.0 Å². The predicted octanol–water partition coefficient (Wildman–Crippen LogP) is 5.05. The fraction of sp³-hybridized carbons (Fsp3) is 0.238. The van der Waals surface area contributed by atoms with Crippen molar-refractivity contribution < 1.29 is 8.42 Å². The number of nitrogens with zero attached hydrogens (tertiary/aromatic N) is 1. The molecule has 1 aliphatic heterocycles. The maximum Gasteiger partial charge on any atom is 0.243 e. The second-order valence-corrected chi connectivity index (χ2v) is 9.99. The molecule has 4 rings (SSSR count). The van der Waals surface area contributed by atoms with Crippen molar-refractivity contribution in [1.29, 1.82) is 0 Å². The maximum atomic E-state index is 13.3. The summed E-state index contributed by atoms with van der Waals surface area (Å²) < 4.78 is 28.3. The molecule has 1 saturated heterocycles. The third-order valence-corrected chi connectivity index (χ3v) is 7.57. The zero-order valence-corrected chi connectivity index (χ0v) is 16.9. The van der Waals surface area contributed by atoms with Crippen molar-refractivity contribution in [2.45, 2.75) is 29.1 Å². The van der Waals surface area contributed by atoms with Crippen molar-refractivity contribution >= 4 is 36.7 Å². The molecule has 5 heteroatoms. The van der Waals surface area contributed by atoms with E-state index in [9.17, 15) is 8.42 Å². The second kappa shape index (κ2) is 6.80. The largest absolute Gasteiger partial charge is 0.243 e. The van der Waals surface area contributed by atoms with Crippen molar-refractivity contribution in [2.24, 2.45) is 0 Å². The van der Waals surface area contributed by atoms with E-state index in [4.69, 9.17) is 0 Å². The first kappa shape index (κ1) is 17.7. The number of benzene rings is 3. The zero-order valence-electron chi connectivity index (χ0n) is 14.5. The van der Waals surface area contributed by atoms with Crippen molar-refractivity contribution in [3.63, 3.8) is 0 Å². The molecule has 0 saturated carbocycles. The van der Waals surface area contributed by atoms with Crippen LogP contribution < -0.4 is 0 Å². The molecule has 0 aromatic heterocycles. The lowest BCUT2D eigenvalue weighted by atomic mass is 9.98. The Morgan fingerprint density at radius 3 is 2.42 bits per heavy atom. The Kier molecular flexibility index (Phi) is 4.63. The minimum Gasteiger partial charge on any atom is -0.207 e. The number of hydrogen-bond donors (Lipinski definition) is 0. The highest BCUT2D eigenvalue weighted by Crippen LogP contribution is 2.41.